The number of carbonyl (C=O) groups is 5. The van der Waals surface area contributed by atoms with Gasteiger partial charge in [0.15, 0.2) is 0 Å². The minimum atomic E-state index is -1.09. The maximum absolute atomic E-state index is 13.6. The summed E-state index contributed by atoms with van der Waals surface area (Å²) in [6.45, 7) is 8.86. The minimum Gasteiger partial charge on any atom is -0.508 e. The number of benzene rings is 4. The molecule has 4 aromatic carbocycles. The van der Waals surface area contributed by atoms with E-state index in [1.807, 2.05) is 104 Å². The molecule has 0 spiro atoms. The van der Waals surface area contributed by atoms with Crippen LogP contribution in [0.15, 0.2) is 128 Å². The number of aromatic hydroxyl groups is 1. The highest BCUT2D eigenvalue weighted by atomic mass is 19.1. The van der Waals surface area contributed by atoms with Gasteiger partial charge in [-0.05, 0) is 289 Å². The summed E-state index contributed by atoms with van der Waals surface area (Å²) in [5.74, 6) is -0.656. The summed E-state index contributed by atoms with van der Waals surface area (Å²) < 4.78 is 46.9. The second kappa shape index (κ2) is 40.5. The maximum atomic E-state index is 13.6. The molecule has 10 aliphatic heterocycles. The van der Waals surface area contributed by atoms with Crippen LogP contribution in [-0.2, 0) is 78.8 Å². The molecule has 0 amide bonds. The number of hydrogen-bond acceptors (Lipinski definition) is 22. The van der Waals surface area contributed by atoms with Crippen molar-refractivity contribution in [2.24, 2.45) is 21.7 Å². The summed E-state index contributed by atoms with van der Waals surface area (Å²) in [5, 5.41) is 49.3. The lowest BCUT2D eigenvalue weighted by molar-refractivity contribution is -0.167. The first-order valence-corrected chi connectivity index (χ1v) is 43.4. The summed E-state index contributed by atoms with van der Waals surface area (Å²) in [5.41, 5.74) is 0.765. The molecule has 0 radical (unpaired) electrons. The van der Waals surface area contributed by atoms with Gasteiger partial charge in [-0.1, -0.05) is 84.9 Å². The third kappa shape index (κ3) is 22.3. The number of aryl methyl sites for hydroxylation is 1. The van der Waals surface area contributed by atoms with Crippen molar-refractivity contribution in [3.05, 3.63) is 161 Å². The van der Waals surface area contributed by atoms with Crippen LogP contribution in [0, 0.1) is 28.6 Å². The summed E-state index contributed by atoms with van der Waals surface area (Å²) >= 11 is 0. The van der Waals surface area contributed by atoms with E-state index in [1.54, 1.807) is 72.2 Å². The zero-order chi connectivity index (χ0) is 84.9. The van der Waals surface area contributed by atoms with Crippen molar-refractivity contribution in [3.63, 3.8) is 0 Å². The highest BCUT2D eigenvalue weighted by molar-refractivity contribution is 5.84. The number of aliphatic hydroxyl groups excluding tert-OH is 4. The number of esters is 5. The molecule has 10 bridgehead atoms. The number of fused-ring (bicyclic) bond motifs is 10. The van der Waals surface area contributed by atoms with Gasteiger partial charge in [0.25, 0.3) is 0 Å². The number of piperidine rings is 5. The largest absolute Gasteiger partial charge is 0.508 e. The molecule has 23 heteroatoms. The average Bonchev–Trinajstić information content (AvgIpc) is 0.972. The molecule has 14 unspecified atom stereocenters. The molecule has 118 heavy (non-hydrogen) atoms. The van der Waals surface area contributed by atoms with Gasteiger partial charge < -0.3 is 78.5 Å². The standard InChI is InChI=1S/C25H31NO3.C20H29NO4.C19H27NO4.C18H26N2O3.C13H22FNO2/c1-18-8-6-7-9-19(18)16-25(17-27,20-10-4-3-5-11-20)24(28)29-23-14-21-12-13-22(15-23)26(21)2;1-20(13-22,12-14-4-8-17(24-3)9-5-14)19(23)25-18-10-15-6-7-16(11-18)21(15)2;1-19(12-21,11-13-3-7-16(22)8-4-13)18(23)24-17-9-14-5-6-15(10-17)20(14)2;1-18(12-21,11-13-5-3-4-8-19-13)17(22)23-16-9-14-6-7-15(10-16)20(14)2;1-13(2,8-14)12(16)17-11-6-9-4-5-10(7-11)15(9)3/h3-11,21-23,27H,12-17H2,1-2H3;4-5,8-9,15-16,18,22H,6-7,10-13H2,1-3H3;3-4,7-8,14-15,17,21-22H,5-6,9-12H2,1-2H3;3-5,8,14-16,21H,6-7,9-12H2,1-2H3;9-11H,4-8H2,1-3H3. The van der Waals surface area contributed by atoms with Gasteiger partial charge in [-0.25, -0.2) is 4.39 Å². The number of phenolic OH excluding ortho intramolecular Hbond substituents is 1. The van der Waals surface area contributed by atoms with Gasteiger partial charge in [0.2, 0.25) is 0 Å². The van der Waals surface area contributed by atoms with Crippen LogP contribution in [0.25, 0.3) is 0 Å². The Kier molecular flexibility index (Phi) is 31.3. The number of hydrogen-bond donors (Lipinski definition) is 5. The Morgan fingerprint density at radius 1 is 0.398 bits per heavy atom. The Balaban J connectivity index is 0.000000146. The Hall–Kier alpha value is -7.45. The minimum absolute atomic E-state index is 0.0120. The molecule has 0 aliphatic carbocycles. The first-order valence-electron chi connectivity index (χ1n) is 43.4. The normalized spacial score (nSPS) is 29.1. The molecule has 10 fully saturated rings. The molecule has 14 atom stereocenters. The highest BCUT2D eigenvalue weighted by Gasteiger charge is 2.50. The number of pyridine rings is 1. The molecule has 11 heterocycles. The Morgan fingerprint density at radius 2 is 0.720 bits per heavy atom. The molecule has 5 N–H and O–H groups in total. The molecule has 0 saturated carbocycles. The molecule has 10 aliphatic rings. The van der Waals surface area contributed by atoms with Crippen LogP contribution in [0.2, 0.25) is 0 Å². The van der Waals surface area contributed by atoms with Crippen molar-refractivity contribution in [1.82, 2.24) is 29.5 Å². The van der Waals surface area contributed by atoms with E-state index in [-0.39, 0.29) is 86.6 Å². The lowest BCUT2D eigenvalue weighted by atomic mass is 9.75. The van der Waals surface area contributed by atoms with Gasteiger partial charge >= 0.3 is 29.8 Å². The van der Waals surface area contributed by atoms with Crippen LogP contribution >= 0.6 is 0 Å². The number of carbonyl (C=O) groups excluding carboxylic acids is 5. The van der Waals surface area contributed by atoms with Gasteiger partial charge in [-0.3, -0.25) is 29.0 Å². The quantitative estimate of drug-likeness (QED) is 0.0268. The van der Waals surface area contributed by atoms with Gasteiger partial charge in [0.05, 0.1) is 55.2 Å². The van der Waals surface area contributed by atoms with Crippen molar-refractivity contribution in [3.8, 4) is 11.5 Å². The lowest BCUT2D eigenvalue weighted by Crippen LogP contribution is -2.48. The number of rotatable bonds is 25. The van der Waals surface area contributed by atoms with E-state index in [0.29, 0.717) is 86.1 Å². The molecule has 10 saturated heterocycles. The van der Waals surface area contributed by atoms with Crippen molar-refractivity contribution in [2.45, 2.75) is 292 Å². The smallest absolute Gasteiger partial charge is 0.319 e. The molecular formula is C95H135FN6O16. The summed E-state index contributed by atoms with van der Waals surface area (Å²) in [7, 11) is 12.4. The van der Waals surface area contributed by atoms with Gasteiger partial charge in [-0.15, -0.1) is 0 Å². The van der Waals surface area contributed by atoms with E-state index < -0.39 is 39.7 Å². The molecule has 648 valence electrons. The van der Waals surface area contributed by atoms with Crippen LogP contribution in [0.1, 0.15) is 197 Å². The fraction of sp³-hybridized carbons (Fsp3) is 0.642. The van der Waals surface area contributed by atoms with Gasteiger partial charge in [-0.2, -0.15) is 0 Å². The van der Waals surface area contributed by atoms with E-state index in [4.69, 9.17) is 28.4 Å². The monoisotopic (exact) mass is 1630 g/mol. The van der Waals surface area contributed by atoms with E-state index in [0.717, 1.165) is 103 Å². The second-order valence-electron chi connectivity index (χ2n) is 37.5. The van der Waals surface area contributed by atoms with E-state index in [1.165, 1.54) is 64.2 Å². The number of ether oxygens (including phenoxy) is 6. The fourth-order valence-electron chi connectivity index (χ4n) is 19.9. The number of methoxy groups -OCH3 is 1. The van der Waals surface area contributed by atoms with Gasteiger partial charge in [0, 0.05) is 78.7 Å². The SMILES string of the molecule is CN1C2CCC1CC(OC(=O)C(C)(C)CF)C2.CN1C2CCC1CC(OC(=O)C(C)(CO)Cc1ccc(O)cc1)C2.CN1C2CCC1CC(OC(=O)C(C)(CO)Cc1ccccn1)C2.COc1ccc(CC(C)(CO)C(=O)OC2CC3CCC(C2)N3C)cc1.Cc1ccccc1CC(CO)(C(=O)OC1CC2CCC(C1)N2C)c1ccccc1. The zero-order valence-electron chi connectivity index (χ0n) is 72.1. The van der Waals surface area contributed by atoms with E-state index in [2.05, 4.69) is 64.7 Å². The first kappa shape index (κ1) is 91.3. The highest BCUT2D eigenvalue weighted by Crippen LogP contribution is 2.43. The Labute approximate surface area is 699 Å². The van der Waals surface area contributed by atoms with Crippen molar-refractivity contribution in [2.75, 3.05) is 75.5 Å². The summed E-state index contributed by atoms with van der Waals surface area (Å²) in [6.07, 6.45) is 24.1. The number of halogens is 1. The fourth-order valence-corrected chi connectivity index (χ4v) is 19.9. The van der Waals surface area contributed by atoms with Crippen LogP contribution in [0.3, 0.4) is 0 Å². The number of phenols is 1. The van der Waals surface area contributed by atoms with Crippen molar-refractivity contribution < 1.29 is 82.3 Å². The lowest BCUT2D eigenvalue weighted by Gasteiger charge is -2.38. The van der Waals surface area contributed by atoms with Crippen molar-refractivity contribution in [1.29, 1.82) is 0 Å². The van der Waals surface area contributed by atoms with Crippen LogP contribution in [-0.4, -0.2) is 251 Å². The summed E-state index contributed by atoms with van der Waals surface area (Å²) in [4.78, 5) is 79.9. The maximum Gasteiger partial charge on any atom is 0.319 e. The molecule has 5 aromatic rings. The average molecular weight is 1640 g/mol. The number of nitrogens with zero attached hydrogens (tertiary/aromatic N) is 6. The van der Waals surface area contributed by atoms with Crippen LogP contribution in [0.5, 0.6) is 11.5 Å². The topological polar surface area (TPSA) is 271 Å². The first-order chi connectivity index (χ1) is 56.3. The molecule has 15 rings (SSSR count). The predicted octanol–water partition coefficient (Wildman–Crippen LogP) is 12.1. The Bertz CT molecular complexity index is 4000. The third-order valence-corrected chi connectivity index (χ3v) is 28.4. The molecular weight excluding hydrogens is 1500 g/mol. The van der Waals surface area contributed by atoms with E-state index in [9.17, 15) is 53.9 Å². The van der Waals surface area contributed by atoms with Crippen LogP contribution < -0.4 is 4.74 Å². The number of aromatic nitrogens is 1. The van der Waals surface area contributed by atoms with Gasteiger partial charge in [0.1, 0.15) is 54.1 Å². The third-order valence-electron chi connectivity index (χ3n) is 28.4. The second-order valence-corrected chi connectivity index (χ2v) is 37.5. The number of alkyl halides is 1. The van der Waals surface area contributed by atoms with Crippen molar-refractivity contribution >= 4 is 29.8 Å². The van der Waals surface area contributed by atoms with E-state index >= 15 is 0 Å². The van der Waals surface area contributed by atoms with Crippen LogP contribution in [0.4, 0.5) is 4.39 Å². The molecule has 22 nitrogen and oxygen atoms in total. The Morgan fingerprint density at radius 3 is 1.04 bits per heavy atom. The summed E-state index contributed by atoms with van der Waals surface area (Å²) in [6, 6.07) is 42.8. The number of aliphatic hydroxyl groups is 4. The molecule has 1 aromatic heterocycles. The zero-order valence-corrected chi connectivity index (χ0v) is 72.1. The predicted molar refractivity (Wildman–Crippen MR) is 450 cm³/mol.